The van der Waals surface area contributed by atoms with Crippen molar-refractivity contribution in [3.63, 3.8) is 0 Å². The average Bonchev–Trinajstić information content (AvgIpc) is 2.97. The van der Waals surface area contributed by atoms with E-state index in [2.05, 4.69) is 53.3 Å². The van der Waals surface area contributed by atoms with E-state index in [1.54, 1.807) is 0 Å². The van der Waals surface area contributed by atoms with Gasteiger partial charge in [0.15, 0.2) is 0 Å². The highest BCUT2D eigenvalue weighted by Crippen LogP contribution is 2.17. The van der Waals surface area contributed by atoms with Crippen LogP contribution in [-0.2, 0) is 11.3 Å². The summed E-state index contributed by atoms with van der Waals surface area (Å²) in [5.74, 6) is 1.58. The Morgan fingerprint density at radius 1 is 1.00 bits per heavy atom. The van der Waals surface area contributed by atoms with Crippen LogP contribution in [0.25, 0.3) is 0 Å². The fourth-order valence-electron chi connectivity index (χ4n) is 3.52. The van der Waals surface area contributed by atoms with Gasteiger partial charge in [-0.1, -0.05) is 30.3 Å². The van der Waals surface area contributed by atoms with Crippen LogP contribution in [0.4, 0.5) is 17.8 Å². The van der Waals surface area contributed by atoms with Gasteiger partial charge in [0.25, 0.3) is 0 Å². The molecule has 1 aromatic carbocycles. The van der Waals surface area contributed by atoms with Gasteiger partial charge >= 0.3 is 0 Å². The van der Waals surface area contributed by atoms with Crippen molar-refractivity contribution < 1.29 is 4.79 Å². The molecule has 0 spiro atoms. The summed E-state index contributed by atoms with van der Waals surface area (Å²) in [6, 6.07) is 9.80. The fraction of sp³-hybridized carbons (Fsp3) is 0.500. The predicted octanol–water partition coefficient (Wildman–Crippen LogP) is 0.974. The van der Waals surface area contributed by atoms with Gasteiger partial charge < -0.3 is 26.2 Å². The Morgan fingerprint density at radius 3 is 2.62 bits per heavy atom. The highest BCUT2D eigenvalue weighted by atomic mass is 16.2. The Labute approximate surface area is 170 Å². The maximum Gasteiger partial charge on any atom is 0.242 e. The van der Waals surface area contributed by atoms with Gasteiger partial charge in [0.05, 0.1) is 0 Å². The molecule has 3 heterocycles. The van der Waals surface area contributed by atoms with E-state index in [0.717, 1.165) is 57.5 Å². The third-order valence-electron chi connectivity index (χ3n) is 5.16. The smallest absolute Gasteiger partial charge is 0.242 e. The van der Waals surface area contributed by atoms with E-state index in [0.29, 0.717) is 24.4 Å². The molecule has 4 N–H and O–H groups in total. The monoisotopic (exact) mass is 396 g/mol. The van der Waals surface area contributed by atoms with Gasteiger partial charge in [0.1, 0.15) is 6.04 Å². The minimum absolute atomic E-state index is 0.00503. The van der Waals surface area contributed by atoms with Gasteiger partial charge in [0.2, 0.25) is 23.8 Å². The topological polar surface area (TPSA) is 107 Å². The number of carbonyl (C=O) groups excluding carboxylic acids is 1. The maximum atomic E-state index is 12.3. The third-order valence-corrected chi connectivity index (χ3v) is 5.16. The summed E-state index contributed by atoms with van der Waals surface area (Å²) < 4.78 is 0. The van der Waals surface area contributed by atoms with E-state index in [1.165, 1.54) is 0 Å². The lowest BCUT2D eigenvalue weighted by Crippen LogP contribution is -2.44. The lowest BCUT2D eigenvalue weighted by atomic mass is 10.1. The molecule has 1 aromatic heterocycles. The number of benzene rings is 1. The van der Waals surface area contributed by atoms with E-state index in [4.69, 9.17) is 0 Å². The Hall–Kier alpha value is -2.94. The molecule has 29 heavy (non-hydrogen) atoms. The molecule has 0 saturated carbocycles. The van der Waals surface area contributed by atoms with Gasteiger partial charge in [-0.15, -0.1) is 0 Å². The number of amides is 1. The molecule has 9 heteroatoms. The molecule has 0 bridgehead atoms. The van der Waals surface area contributed by atoms with Gasteiger partial charge in [-0.25, -0.2) is 0 Å². The van der Waals surface area contributed by atoms with E-state index < -0.39 is 0 Å². The summed E-state index contributed by atoms with van der Waals surface area (Å²) >= 11 is 0. The molecule has 2 saturated heterocycles. The third kappa shape index (κ3) is 5.32. The van der Waals surface area contributed by atoms with Gasteiger partial charge in [-0.05, 0) is 24.8 Å². The van der Waals surface area contributed by atoms with E-state index >= 15 is 0 Å². The van der Waals surface area contributed by atoms with Crippen molar-refractivity contribution >= 4 is 23.8 Å². The number of nitrogens with one attached hydrogen (secondary N) is 4. The summed E-state index contributed by atoms with van der Waals surface area (Å²) in [5.41, 5.74) is 1.15. The number of carbonyl (C=O) groups is 1. The largest absolute Gasteiger partial charge is 0.354 e. The predicted molar refractivity (Wildman–Crippen MR) is 113 cm³/mol. The van der Waals surface area contributed by atoms with E-state index in [9.17, 15) is 4.79 Å². The first-order valence-corrected chi connectivity index (χ1v) is 10.3. The standard InChI is InChI=1S/C20H28N8O/c29-17-16(8-4-5-9-22-17)24-19-25-18(23-14-15-6-2-1-3-7-15)26-20(27-19)28-12-10-21-11-13-28/h1-3,6-7,16,21H,4-5,8-14H2,(H,22,29)(H2,23,24,25,26,27). The molecule has 1 unspecified atom stereocenters. The number of hydrogen-bond acceptors (Lipinski definition) is 8. The first-order chi connectivity index (χ1) is 14.3. The van der Waals surface area contributed by atoms with Crippen LogP contribution < -0.4 is 26.2 Å². The molecule has 2 fully saturated rings. The Morgan fingerprint density at radius 2 is 1.79 bits per heavy atom. The summed E-state index contributed by atoms with van der Waals surface area (Å²) in [6.45, 7) is 4.81. The molecule has 1 amide bonds. The lowest BCUT2D eigenvalue weighted by Gasteiger charge is -2.28. The molecule has 4 rings (SSSR count). The number of aromatic nitrogens is 3. The van der Waals surface area contributed by atoms with E-state index in [-0.39, 0.29) is 11.9 Å². The molecule has 9 nitrogen and oxygen atoms in total. The minimum Gasteiger partial charge on any atom is -0.354 e. The zero-order chi connectivity index (χ0) is 19.9. The number of nitrogens with zero attached hydrogens (tertiary/aromatic N) is 4. The minimum atomic E-state index is -0.322. The first-order valence-electron chi connectivity index (χ1n) is 10.3. The highest BCUT2D eigenvalue weighted by Gasteiger charge is 2.23. The number of rotatable bonds is 6. The lowest BCUT2D eigenvalue weighted by molar-refractivity contribution is -0.121. The maximum absolute atomic E-state index is 12.3. The summed E-state index contributed by atoms with van der Waals surface area (Å²) in [7, 11) is 0. The van der Waals surface area contributed by atoms with Crippen LogP contribution in [0.1, 0.15) is 24.8 Å². The average molecular weight is 396 g/mol. The van der Waals surface area contributed by atoms with Crippen molar-refractivity contribution in [2.45, 2.75) is 31.8 Å². The number of anilines is 3. The van der Waals surface area contributed by atoms with Crippen molar-refractivity contribution in [1.82, 2.24) is 25.6 Å². The van der Waals surface area contributed by atoms with Crippen molar-refractivity contribution in [1.29, 1.82) is 0 Å². The van der Waals surface area contributed by atoms with Crippen LogP contribution in [0.15, 0.2) is 30.3 Å². The quantitative estimate of drug-likeness (QED) is 0.572. The molecule has 2 aliphatic heterocycles. The zero-order valence-corrected chi connectivity index (χ0v) is 16.5. The van der Waals surface area contributed by atoms with Gasteiger partial charge in [-0.2, -0.15) is 15.0 Å². The van der Waals surface area contributed by atoms with Crippen LogP contribution >= 0.6 is 0 Å². The van der Waals surface area contributed by atoms with Crippen LogP contribution in [0.3, 0.4) is 0 Å². The molecule has 2 aliphatic rings. The van der Waals surface area contributed by atoms with Crippen molar-refractivity contribution in [3.8, 4) is 0 Å². The summed E-state index contributed by atoms with van der Waals surface area (Å²) in [5, 5.41) is 12.8. The second-order valence-electron chi connectivity index (χ2n) is 7.34. The molecule has 1 atom stereocenters. The zero-order valence-electron chi connectivity index (χ0n) is 16.5. The van der Waals surface area contributed by atoms with Gasteiger partial charge in [-0.3, -0.25) is 4.79 Å². The Kier molecular flexibility index (Phi) is 6.35. The highest BCUT2D eigenvalue weighted by molar-refractivity contribution is 5.84. The summed E-state index contributed by atoms with van der Waals surface area (Å²) in [6.07, 6.45) is 2.76. The molecular formula is C20H28N8O. The molecule has 0 aliphatic carbocycles. The second-order valence-corrected chi connectivity index (χ2v) is 7.34. The Balaban J connectivity index is 1.54. The number of hydrogen-bond donors (Lipinski definition) is 4. The molecule has 2 aromatic rings. The van der Waals surface area contributed by atoms with Crippen LogP contribution in [-0.4, -0.2) is 59.6 Å². The van der Waals surface area contributed by atoms with Crippen molar-refractivity contribution in [2.24, 2.45) is 0 Å². The van der Waals surface area contributed by atoms with Crippen molar-refractivity contribution in [3.05, 3.63) is 35.9 Å². The fourth-order valence-corrected chi connectivity index (χ4v) is 3.52. The van der Waals surface area contributed by atoms with Crippen molar-refractivity contribution in [2.75, 3.05) is 48.3 Å². The normalized spacial score (nSPS) is 19.9. The molecule has 0 radical (unpaired) electrons. The summed E-state index contributed by atoms with van der Waals surface area (Å²) in [4.78, 5) is 28.2. The second kappa shape index (κ2) is 9.51. The van der Waals surface area contributed by atoms with Crippen LogP contribution in [0.5, 0.6) is 0 Å². The van der Waals surface area contributed by atoms with Gasteiger partial charge in [0, 0.05) is 39.3 Å². The van der Waals surface area contributed by atoms with E-state index in [1.807, 2.05) is 18.2 Å². The SMILES string of the molecule is O=C1NCCCCC1Nc1nc(NCc2ccccc2)nc(N2CCNCC2)n1. The Bertz CT molecular complexity index is 809. The number of piperazine rings is 1. The van der Waals surface area contributed by atoms with Crippen LogP contribution in [0, 0.1) is 0 Å². The van der Waals surface area contributed by atoms with Crippen LogP contribution in [0.2, 0.25) is 0 Å². The first kappa shape index (κ1) is 19.4. The molecular weight excluding hydrogens is 368 g/mol. The molecule has 154 valence electrons.